The number of hydrogen-bond acceptors (Lipinski definition) is 6. The van der Waals surface area contributed by atoms with E-state index in [-0.39, 0.29) is 29.0 Å². The van der Waals surface area contributed by atoms with Gasteiger partial charge in [0.1, 0.15) is 0 Å². The first-order chi connectivity index (χ1) is 14.0. The van der Waals surface area contributed by atoms with E-state index in [1.54, 1.807) is 12.1 Å². The van der Waals surface area contributed by atoms with E-state index in [9.17, 15) is 13.2 Å². The van der Waals surface area contributed by atoms with Crippen molar-refractivity contribution in [1.29, 1.82) is 0 Å². The van der Waals surface area contributed by atoms with Gasteiger partial charge in [-0.1, -0.05) is 12.5 Å². The maximum Gasteiger partial charge on any atom is 0.257 e. The molecule has 2 aromatic rings. The van der Waals surface area contributed by atoms with Gasteiger partial charge in [0.2, 0.25) is 10.0 Å². The number of aryl methyl sites for hydroxylation is 2. The molecule has 1 saturated heterocycles. The number of sulfonamides is 1. The Morgan fingerprint density at radius 3 is 2.90 bits per heavy atom. The highest BCUT2D eigenvalue weighted by Crippen LogP contribution is 2.29. The van der Waals surface area contributed by atoms with Crippen LogP contribution >= 0.6 is 11.3 Å². The summed E-state index contributed by atoms with van der Waals surface area (Å²) >= 11 is 1.52. The average molecular weight is 436 g/mol. The Bertz CT molecular complexity index is 958. The van der Waals surface area contributed by atoms with Crippen LogP contribution in [-0.2, 0) is 27.6 Å². The highest BCUT2D eigenvalue weighted by molar-refractivity contribution is 7.89. The van der Waals surface area contributed by atoms with Crippen molar-refractivity contribution in [2.45, 2.75) is 55.9 Å². The Morgan fingerprint density at radius 2 is 2.07 bits per heavy atom. The van der Waals surface area contributed by atoms with E-state index in [0.29, 0.717) is 11.7 Å². The van der Waals surface area contributed by atoms with Gasteiger partial charge < -0.3 is 4.74 Å². The number of amides is 1. The largest absolute Gasteiger partial charge is 0.377 e. The number of rotatable bonds is 6. The predicted molar refractivity (Wildman–Crippen MR) is 112 cm³/mol. The Morgan fingerprint density at radius 1 is 1.21 bits per heavy atom. The SMILES string of the molecule is O=C(Nc1nc2c(s1)CCCCC2)c1cccc(S(=O)(=O)NC[C@@H]2CCCO2)c1. The summed E-state index contributed by atoms with van der Waals surface area (Å²) < 4.78 is 33.2. The second-order valence-corrected chi connectivity index (χ2v) is 10.3. The lowest BCUT2D eigenvalue weighted by molar-refractivity contribution is 0.102. The summed E-state index contributed by atoms with van der Waals surface area (Å²) in [7, 11) is -3.71. The molecule has 1 atom stereocenters. The minimum absolute atomic E-state index is 0.0677. The number of thiazole rings is 1. The van der Waals surface area contributed by atoms with Crippen LogP contribution in [0.4, 0.5) is 5.13 Å². The predicted octanol–water partition coefficient (Wildman–Crippen LogP) is 3.12. The molecule has 4 rings (SSSR count). The number of anilines is 1. The van der Waals surface area contributed by atoms with Crippen molar-refractivity contribution < 1.29 is 17.9 Å². The van der Waals surface area contributed by atoms with Crippen LogP contribution in [0, 0.1) is 0 Å². The number of benzene rings is 1. The molecule has 1 aliphatic carbocycles. The van der Waals surface area contributed by atoms with Gasteiger partial charge in [-0.15, -0.1) is 11.3 Å². The van der Waals surface area contributed by atoms with Gasteiger partial charge >= 0.3 is 0 Å². The van der Waals surface area contributed by atoms with Crippen LogP contribution in [0.1, 0.15) is 53.0 Å². The maximum absolute atomic E-state index is 12.7. The van der Waals surface area contributed by atoms with Crippen molar-refractivity contribution in [1.82, 2.24) is 9.71 Å². The fourth-order valence-corrected chi connectivity index (χ4v) is 5.80. The molecule has 156 valence electrons. The van der Waals surface area contributed by atoms with E-state index in [1.807, 2.05) is 0 Å². The average Bonchev–Trinajstić information content (AvgIpc) is 3.32. The van der Waals surface area contributed by atoms with Gasteiger partial charge in [0.05, 0.1) is 16.7 Å². The second kappa shape index (κ2) is 8.91. The third kappa shape index (κ3) is 5.03. The number of hydrogen-bond donors (Lipinski definition) is 2. The van der Waals surface area contributed by atoms with E-state index < -0.39 is 10.0 Å². The Balaban J connectivity index is 1.44. The molecule has 1 amide bonds. The molecule has 0 radical (unpaired) electrons. The van der Waals surface area contributed by atoms with Crippen LogP contribution in [0.25, 0.3) is 0 Å². The number of aromatic nitrogens is 1. The first-order valence-electron chi connectivity index (χ1n) is 10.0. The van der Waals surface area contributed by atoms with Crippen LogP contribution in [0.15, 0.2) is 29.2 Å². The number of nitrogens with one attached hydrogen (secondary N) is 2. The molecule has 1 aliphatic heterocycles. The third-order valence-corrected chi connectivity index (χ3v) is 7.74. The van der Waals surface area contributed by atoms with E-state index in [2.05, 4.69) is 15.0 Å². The van der Waals surface area contributed by atoms with Gasteiger partial charge in [0, 0.05) is 23.6 Å². The first kappa shape index (κ1) is 20.5. The smallest absolute Gasteiger partial charge is 0.257 e. The standard InChI is InChI=1S/C20H25N3O4S2/c24-19(23-20-22-17-9-2-1-3-10-18(17)28-20)14-6-4-8-16(12-14)29(25,26)21-13-15-7-5-11-27-15/h4,6,8,12,15,21H,1-3,5,7,9-11,13H2,(H,22,23,24)/t15-/m0/s1. The van der Waals surface area contributed by atoms with Crippen molar-refractivity contribution in [3.05, 3.63) is 40.4 Å². The number of nitrogens with zero attached hydrogens (tertiary/aromatic N) is 1. The van der Waals surface area contributed by atoms with Crippen molar-refractivity contribution in [2.24, 2.45) is 0 Å². The molecule has 0 unspecified atom stereocenters. The summed E-state index contributed by atoms with van der Waals surface area (Å²) in [6, 6.07) is 6.06. The highest BCUT2D eigenvalue weighted by atomic mass is 32.2. The van der Waals surface area contributed by atoms with E-state index in [4.69, 9.17) is 4.74 Å². The van der Waals surface area contributed by atoms with Crippen molar-refractivity contribution in [3.63, 3.8) is 0 Å². The zero-order valence-corrected chi connectivity index (χ0v) is 17.8. The van der Waals surface area contributed by atoms with Crippen molar-refractivity contribution >= 4 is 32.4 Å². The molecule has 0 saturated carbocycles. The molecule has 0 bridgehead atoms. The Hall–Kier alpha value is -1.81. The van der Waals surface area contributed by atoms with Crippen LogP contribution in [0.2, 0.25) is 0 Å². The fraction of sp³-hybridized carbons (Fsp3) is 0.500. The fourth-order valence-electron chi connectivity index (χ4n) is 3.65. The van der Waals surface area contributed by atoms with E-state index >= 15 is 0 Å². The number of carbonyl (C=O) groups excluding carboxylic acids is 1. The van der Waals surface area contributed by atoms with Gasteiger partial charge in [-0.05, 0) is 56.7 Å². The molecule has 1 fully saturated rings. The molecule has 1 aromatic heterocycles. The van der Waals surface area contributed by atoms with E-state index in [0.717, 1.165) is 44.2 Å². The summed E-state index contributed by atoms with van der Waals surface area (Å²) in [5.41, 5.74) is 1.37. The van der Waals surface area contributed by atoms with Crippen LogP contribution in [-0.4, -0.2) is 38.6 Å². The molecule has 2 N–H and O–H groups in total. The molecule has 2 heterocycles. The zero-order valence-electron chi connectivity index (χ0n) is 16.1. The zero-order chi connectivity index (χ0) is 20.3. The molecule has 0 spiro atoms. The number of ether oxygens (including phenoxy) is 1. The summed E-state index contributed by atoms with van der Waals surface area (Å²) in [6.07, 6.45) is 7.16. The lowest BCUT2D eigenvalue weighted by Crippen LogP contribution is -2.32. The van der Waals surface area contributed by atoms with Gasteiger partial charge in [0.15, 0.2) is 5.13 Å². The summed E-state index contributed by atoms with van der Waals surface area (Å²) in [6.45, 7) is 0.908. The summed E-state index contributed by atoms with van der Waals surface area (Å²) in [4.78, 5) is 18.5. The molecule has 29 heavy (non-hydrogen) atoms. The molecular weight excluding hydrogens is 410 g/mol. The Labute approximate surface area is 174 Å². The quantitative estimate of drug-likeness (QED) is 0.680. The van der Waals surface area contributed by atoms with Crippen molar-refractivity contribution in [3.8, 4) is 0 Å². The first-order valence-corrected chi connectivity index (χ1v) is 12.3. The summed E-state index contributed by atoms with van der Waals surface area (Å²) in [5, 5.41) is 3.40. The lowest BCUT2D eigenvalue weighted by Gasteiger charge is -2.12. The lowest BCUT2D eigenvalue weighted by atomic mass is 10.2. The molecular formula is C20H25N3O4S2. The topological polar surface area (TPSA) is 97.4 Å². The van der Waals surface area contributed by atoms with Gasteiger partial charge in [0.25, 0.3) is 5.91 Å². The monoisotopic (exact) mass is 435 g/mol. The van der Waals surface area contributed by atoms with E-state index in [1.165, 1.54) is 34.8 Å². The van der Waals surface area contributed by atoms with Crippen molar-refractivity contribution in [2.75, 3.05) is 18.5 Å². The minimum atomic E-state index is -3.71. The minimum Gasteiger partial charge on any atom is -0.377 e. The second-order valence-electron chi connectivity index (χ2n) is 7.42. The number of fused-ring (bicyclic) bond motifs is 1. The molecule has 7 nitrogen and oxygen atoms in total. The third-order valence-electron chi connectivity index (χ3n) is 5.25. The number of carbonyl (C=O) groups is 1. The van der Waals surface area contributed by atoms with Crippen LogP contribution in [0.3, 0.4) is 0 Å². The maximum atomic E-state index is 12.7. The van der Waals surface area contributed by atoms with Crippen LogP contribution < -0.4 is 10.0 Å². The van der Waals surface area contributed by atoms with Gasteiger partial charge in [-0.25, -0.2) is 18.1 Å². The normalized spacial score (nSPS) is 19.5. The Kier molecular flexibility index (Phi) is 6.29. The molecule has 1 aromatic carbocycles. The highest BCUT2D eigenvalue weighted by Gasteiger charge is 2.22. The molecule has 9 heteroatoms. The summed E-state index contributed by atoms with van der Waals surface area (Å²) in [5.74, 6) is -0.356. The molecule has 2 aliphatic rings. The van der Waals surface area contributed by atoms with Gasteiger partial charge in [-0.3, -0.25) is 10.1 Å². The van der Waals surface area contributed by atoms with Gasteiger partial charge in [-0.2, -0.15) is 0 Å². The van der Waals surface area contributed by atoms with Crippen LogP contribution in [0.5, 0.6) is 0 Å².